The van der Waals surface area contributed by atoms with Crippen LogP contribution in [-0.4, -0.2) is 77.1 Å². The van der Waals surface area contributed by atoms with Crippen LogP contribution in [0, 0.1) is 17.6 Å². The fourth-order valence-corrected chi connectivity index (χ4v) is 5.54. The van der Waals surface area contributed by atoms with Crippen LogP contribution in [0.1, 0.15) is 73.7 Å². The van der Waals surface area contributed by atoms with E-state index in [1.165, 1.54) is 17.4 Å². The number of hydrogen-bond acceptors (Lipinski definition) is 7. The summed E-state index contributed by atoms with van der Waals surface area (Å²) in [7, 11) is 0. The highest BCUT2D eigenvalue weighted by Crippen LogP contribution is 2.26. The van der Waals surface area contributed by atoms with Crippen molar-refractivity contribution < 1.29 is 28.3 Å². The summed E-state index contributed by atoms with van der Waals surface area (Å²) in [6.07, 6.45) is 1.84. The molecule has 9 nitrogen and oxygen atoms in total. The molecule has 46 heavy (non-hydrogen) atoms. The van der Waals surface area contributed by atoms with E-state index in [0.29, 0.717) is 35.8 Å². The van der Waals surface area contributed by atoms with E-state index in [9.17, 15) is 28.3 Å². The molecule has 12 heteroatoms. The molecule has 0 aliphatic carbocycles. The van der Waals surface area contributed by atoms with Gasteiger partial charge in [0.2, 0.25) is 5.91 Å². The molecule has 0 saturated heterocycles. The van der Waals surface area contributed by atoms with Crippen molar-refractivity contribution in [2.45, 2.75) is 72.1 Å². The van der Waals surface area contributed by atoms with Crippen LogP contribution in [0.15, 0.2) is 48.0 Å². The third-order valence-corrected chi connectivity index (χ3v) is 8.09. The van der Waals surface area contributed by atoms with Gasteiger partial charge in [-0.25, -0.2) is 13.8 Å². The lowest BCUT2D eigenvalue weighted by Crippen LogP contribution is -2.52. The molecule has 0 unspecified atom stereocenters. The smallest absolute Gasteiger partial charge is 0.253 e. The molecule has 0 fully saturated rings. The van der Waals surface area contributed by atoms with E-state index in [1.54, 1.807) is 35.5 Å². The zero-order chi connectivity index (χ0) is 33.8. The summed E-state index contributed by atoms with van der Waals surface area (Å²) in [5.74, 6) is -2.35. The van der Waals surface area contributed by atoms with Gasteiger partial charge in [-0.2, -0.15) is 0 Å². The molecular formula is C34H45F2N5O4S. The van der Waals surface area contributed by atoms with Crippen LogP contribution >= 0.6 is 11.3 Å². The Morgan fingerprint density at radius 2 is 1.59 bits per heavy atom. The summed E-state index contributed by atoms with van der Waals surface area (Å²) >= 11 is 1.37. The molecule has 4 N–H and O–H groups in total. The largest absolute Gasteiger partial charge is 0.390 e. The molecule has 3 amide bonds. The number of carbonyl (C=O) groups excluding carboxylic acids is 3. The summed E-state index contributed by atoms with van der Waals surface area (Å²) in [6.45, 7) is 11.1. The van der Waals surface area contributed by atoms with E-state index in [2.05, 4.69) is 20.9 Å². The number of carbonyl (C=O) groups is 3. The molecule has 3 rings (SSSR count). The van der Waals surface area contributed by atoms with Crippen molar-refractivity contribution in [1.29, 1.82) is 0 Å². The van der Waals surface area contributed by atoms with Gasteiger partial charge in [-0.15, -0.1) is 11.3 Å². The number of aliphatic hydroxyl groups excluding tert-OH is 1. The van der Waals surface area contributed by atoms with Gasteiger partial charge in [-0.05, 0) is 68.0 Å². The predicted molar refractivity (Wildman–Crippen MR) is 177 cm³/mol. The Morgan fingerprint density at radius 3 is 2.17 bits per heavy atom. The molecule has 1 heterocycles. The number of amides is 3. The first-order valence-corrected chi connectivity index (χ1v) is 16.6. The standard InChI is InChI=1S/C34H45F2N5O4S/c1-6-9-41(10-7-2)34(45)26-16-24(15-25(17-26)33-37-8-11-46-33)32(44)40-29(14-23-12-27(35)18-28(36)13-23)30(42)20-38-22(5)31(43)39-19-21(3)4/h8,11-13,15-18,21-22,29-30,38,42H,6-7,9-10,14,19-20H2,1-5H3,(H,39,43)(H,40,44)/t22-,29-,30+/m0/s1. The highest BCUT2D eigenvalue weighted by molar-refractivity contribution is 7.13. The quantitative estimate of drug-likeness (QED) is 0.165. The Kier molecular flexibility index (Phi) is 14.2. The van der Waals surface area contributed by atoms with E-state index in [4.69, 9.17) is 0 Å². The Labute approximate surface area is 273 Å². The van der Waals surface area contributed by atoms with Crippen LogP contribution in [0.25, 0.3) is 10.6 Å². The summed E-state index contributed by atoms with van der Waals surface area (Å²) < 4.78 is 28.1. The average molecular weight is 658 g/mol. The maximum atomic E-state index is 14.1. The van der Waals surface area contributed by atoms with Crippen molar-refractivity contribution >= 4 is 29.1 Å². The normalized spacial score (nSPS) is 13.2. The highest BCUT2D eigenvalue weighted by Gasteiger charge is 2.26. The fraction of sp³-hybridized carbons (Fsp3) is 0.471. The van der Waals surface area contributed by atoms with Gasteiger partial charge >= 0.3 is 0 Å². The Hall–Kier alpha value is -3.74. The SMILES string of the molecule is CCCN(CCC)C(=O)c1cc(C(=O)N[C@@H](Cc2cc(F)cc(F)c2)[C@H](O)CN[C@@H](C)C(=O)NCC(C)C)cc(-c2nccs2)c1. The number of thiazole rings is 1. The first kappa shape index (κ1) is 36.7. The molecule has 0 aliphatic heterocycles. The predicted octanol–water partition coefficient (Wildman–Crippen LogP) is 4.80. The van der Waals surface area contributed by atoms with Gasteiger partial charge in [0.25, 0.3) is 11.8 Å². The minimum atomic E-state index is -1.25. The van der Waals surface area contributed by atoms with Crippen LogP contribution in [0.3, 0.4) is 0 Å². The summed E-state index contributed by atoms with van der Waals surface area (Å²) in [5.41, 5.74) is 1.31. The average Bonchev–Trinajstić information content (AvgIpc) is 3.56. The van der Waals surface area contributed by atoms with Crippen LogP contribution in [-0.2, 0) is 11.2 Å². The van der Waals surface area contributed by atoms with Gasteiger partial charge in [0, 0.05) is 60.5 Å². The second-order valence-corrected chi connectivity index (χ2v) is 12.7. The molecule has 3 aromatic rings. The van der Waals surface area contributed by atoms with Gasteiger partial charge in [0.05, 0.1) is 18.2 Å². The van der Waals surface area contributed by atoms with Crippen molar-refractivity contribution in [1.82, 2.24) is 25.8 Å². The number of aromatic nitrogens is 1. The van der Waals surface area contributed by atoms with E-state index in [0.717, 1.165) is 31.0 Å². The maximum Gasteiger partial charge on any atom is 0.253 e. The van der Waals surface area contributed by atoms with Gasteiger partial charge < -0.3 is 26.0 Å². The summed E-state index contributed by atoms with van der Waals surface area (Å²) in [4.78, 5) is 45.9. The fourth-order valence-electron chi connectivity index (χ4n) is 4.92. The van der Waals surface area contributed by atoms with Gasteiger partial charge in [0.1, 0.15) is 16.6 Å². The number of halogens is 2. The highest BCUT2D eigenvalue weighted by atomic mass is 32.1. The van der Waals surface area contributed by atoms with E-state index in [-0.39, 0.29) is 41.8 Å². The second-order valence-electron chi connectivity index (χ2n) is 11.8. The second kappa shape index (κ2) is 17.8. The van der Waals surface area contributed by atoms with Gasteiger partial charge in [-0.1, -0.05) is 27.7 Å². The number of benzene rings is 2. The number of aliphatic hydroxyl groups is 1. The van der Waals surface area contributed by atoms with Crippen molar-refractivity contribution in [3.63, 3.8) is 0 Å². The Balaban J connectivity index is 1.91. The molecule has 0 aliphatic rings. The molecule has 0 saturated carbocycles. The van der Waals surface area contributed by atoms with Crippen LogP contribution in [0.5, 0.6) is 0 Å². The number of nitrogens with one attached hydrogen (secondary N) is 3. The van der Waals surface area contributed by atoms with Crippen molar-refractivity contribution in [3.05, 3.63) is 76.3 Å². The Morgan fingerprint density at radius 1 is 0.935 bits per heavy atom. The first-order valence-electron chi connectivity index (χ1n) is 15.7. The van der Waals surface area contributed by atoms with E-state index >= 15 is 0 Å². The van der Waals surface area contributed by atoms with Crippen molar-refractivity contribution in [3.8, 4) is 10.6 Å². The van der Waals surface area contributed by atoms with Crippen molar-refractivity contribution in [2.75, 3.05) is 26.2 Å². The Bertz CT molecular complexity index is 1430. The van der Waals surface area contributed by atoms with E-state index < -0.39 is 35.7 Å². The number of hydrogen-bond donors (Lipinski definition) is 4. The minimum Gasteiger partial charge on any atom is -0.390 e. The van der Waals surface area contributed by atoms with Crippen LogP contribution in [0.2, 0.25) is 0 Å². The first-order chi connectivity index (χ1) is 21.9. The van der Waals surface area contributed by atoms with Gasteiger partial charge in [0.15, 0.2) is 0 Å². The van der Waals surface area contributed by atoms with Crippen LogP contribution < -0.4 is 16.0 Å². The lowest BCUT2D eigenvalue weighted by atomic mass is 9.99. The monoisotopic (exact) mass is 657 g/mol. The van der Waals surface area contributed by atoms with E-state index in [1.807, 2.05) is 27.7 Å². The molecule has 3 atom stereocenters. The lowest BCUT2D eigenvalue weighted by molar-refractivity contribution is -0.123. The van der Waals surface area contributed by atoms with Crippen molar-refractivity contribution in [2.24, 2.45) is 5.92 Å². The molecule has 0 spiro atoms. The zero-order valence-electron chi connectivity index (χ0n) is 27.1. The molecule has 0 bridgehead atoms. The minimum absolute atomic E-state index is 0.0924. The number of nitrogens with zero attached hydrogens (tertiary/aromatic N) is 2. The third-order valence-electron chi connectivity index (χ3n) is 7.27. The topological polar surface area (TPSA) is 124 Å². The lowest BCUT2D eigenvalue weighted by Gasteiger charge is -2.26. The molecule has 2 aromatic carbocycles. The molecular weight excluding hydrogens is 612 g/mol. The summed E-state index contributed by atoms with van der Waals surface area (Å²) in [6, 6.07) is 6.22. The molecule has 1 aromatic heterocycles. The zero-order valence-corrected chi connectivity index (χ0v) is 27.9. The molecule has 250 valence electrons. The number of rotatable bonds is 17. The van der Waals surface area contributed by atoms with Gasteiger partial charge in [-0.3, -0.25) is 14.4 Å². The summed E-state index contributed by atoms with van der Waals surface area (Å²) in [5, 5.41) is 22.3. The third kappa shape index (κ3) is 11.0. The van der Waals surface area contributed by atoms with Crippen LogP contribution in [0.4, 0.5) is 8.78 Å². The maximum absolute atomic E-state index is 14.1. The molecule has 0 radical (unpaired) electrons.